The van der Waals surface area contributed by atoms with Gasteiger partial charge in [-0.15, -0.1) is 0 Å². The molecule has 0 heterocycles. The first-order valence-corrected chi connectivity index (χ1v) is 1.87. The summed E-state index contributed by atoms with van der Waals surface area (Å²) in [4.78, 5) is 0. The van der Waals surface area contributed by atoms with Gasteiger partial charge in [0, 0.05) is 0 Å². The Morgan fingerprint density at radius 3 is 1.80 bits per heavy atom. The van der Waals surface area contributed by atoms with E-state index >= 15 is 0 Å². The van der Waals surface area contributed by atoms with Gasteiger partial charge in [0.15, 0.2) is 0 Å². The zero-order valence-corrected chi connectivity index (χ0v) is 5.41. The SMILES string of the molecule is [CH2-]CC[S-].[Ti+2]. The molecule has 0 spiro atoms. The van der Waals surface area contributed by atoms with Gasteiger partial charge in [-0.2, -0.15) is 0 Å². The molecule has 0 aliphatic heterocycles. The van der Waals surface area contributed by atoms with E-state index in [0.717, 1.165) is 12.2 Å². The molecule has 0 atom stereocenters. The van der Waals surface area contributed by atoms with E-state index in [-0.39, 0.29) is 21.7 Å². The maximum Gasteiger partial charge on any atom is 2.00 e. The van der Waals surface area contributed by atoms with E-state index in [0.29, 0.717) is 0 Å². The molecular formula is C3H6STi. The molecule has 0 amide bonds. The van der Waals surface area contributed by atoms with E-state index < -0.39 is 0 Å². The van der Waals surface area contributed by atoms with Crippen LogP contribution >= 0.6 is 0 Å². The summed E-state index contributed by atoms with van der Waals surface area (Å²) in [6.45, 7) is 3.50. The molecule has 0 fully saturated rings. The Morgan fingerprint density at radius 1 is 1.60 bits per heavy atom. The Labute approximate surface area is 53.6 Å². The van der Waals surface area contributed by atoms with Gasteiger partial charge in [-0.05, 0) is 0 Å². The van der Waals surface area contributed by atoms with Gasteiger partial charge in [0.05, 0.1) is 0 Å². The summed E-state index contributed by atoms with van der Waals surface area (Å²) in [6, 6.07) is 0. The molecule has 0 aromatic carbocycles. The predicted octanol–water partition coefficient (Wildman–Crippen LogP) is 0.755. The Kier molecular flexibility index (Phi) is 16.8. The maximum absolute atomic E-state index is 4.49. The van der Waals surface area contributed by atoms with Crippen molar-refractivity contribution in [2.75, 3.05) is 5.75 Å². The molecule has 0 saturated heterocycles. The molecule has 28 valence electrons. The third-order valence-electron chi connectivity index (χ3n) is 0.144. The molecule has 0 aromatic heterocycles. The van der Waals surface area contributed by atoms with Crippen LogP contribution in [0.5, 0.6) is 0 Å². The van der Waals surface area contributed by atoms with Gasteiger partial charge in [-0.1, -0.05) is 0 Å². The van der Waals surface area contributed by atoms with Crippen molar-refractivity contribution in [3.05, 3.63) is 6.92 Å². The second kappa shape index (κ2) is 8.91. The standard InChI is InChI=1S/C3H7S.Ti/c1-2-3-4;/h4H,1-3H2;/q-1;+2/p-1. The smallest absolute Gasteiger partial charge is 0.795 e. The van der Waals surface area contributed by atoms with E-state index in [4.69, 9.17) is 0 Å². The van der Waals surface area contributed by atoms with Crippen LogP contribution in [-0.4, -0.2) is 5.75 Å². The van der Waals surface area contributed by atoms with Crippen LogP contribution < -0.4 is 0 Å². The molecule has 0 rings (SSSR count). The van der Waals surface area contributed by atoms with E-state index in [9.17, 15) is 0 Å². The summed E-state index contributed by atoms with van der Waals surface area (Å²) in [5, 5.41) is 0. The van der Waals surface area contributed by atoms with Gasteiger partial charge < -0.3 is 19.6 Å². The fraction of sp³-hybridized carbons (Fsp3) is 0.667. The molecular weight excluding hydrogens is 116 g/mol. The van der Waals surface area contributed by atoms with Gasteiger partial charge in [0.25, 0.3) is 0 Å². The van der Waals surface area contributed by atoms with Gasteiger partial charge in [0.1, 0.15) is 0 Å². The zero-order chi connectivity index (χ0) is 3.41. The fourth-order valence-corrected chi connectivity index (χ4v) is 0. The number of hydrogen-bond donors (Lipinski definition) is 0. The third-order valence-corrected chi connectivity index (χ3v) is 0.433. The second-order valence-electron chi connectivity index (χ2n) is 0.558. The number of hydrogen-bond acceptors (Lipinski definition) is 1. The molecule has 0 aliphatic carbocycles. The first-order chi connectivity index (χ1) is 1.91. The van der Waals surface area contributed by atoms with Crippen molar-refractivity contribution in [1.29, 1.82) is 0 Å². The van der Waals surface area contributed by atoms with Gasteiger partial charge in [-0.25, -0.2) is 12.2 Å². The third kappa shape index (κ3) is 11.2. The summed E-state index contributed by atoms with van der Waals surface area (Å²) in [5.41, 5.74) is 0. The summed E-state index contributed by atoms with van der Waals surface area (Å²) in [5.74, 6) is 0.792. The number of rotatable bonds is 1. The Hall–Kier alpha value is 1.06. The topological polar surface area (TPSA) is 0 Å². The quantitative estimate of drug-likeness (QED) is 0.281. The monoisotopic (exact) mass is 122 g/mol. The van der Waals surface area contributed by atoms with E-state index in [1.165, 1.54) is 0 Å². The predicted molar refractivity (Wildman–Crippen MR) is 22.2 cm³/mol. The average Bonchev–Trinajstić information content (AvgIpc) is 1.37. The molecule has 0 radical (unpaired) electrons. The molecule has 0 unspecified atom stereocenters. The van der Waals surface area contributed by atoms with Crippen molar-refractivity contribution >= 4 is 12.6 Å². The van der Waals surface area contributed by atoms with Crippen molar-refractivity contribution in [2.24, 2.45) is 0 Å². The normalized spacial score (nSPS) is 6.00. The van der Waals surface area contributed by atoms with Crippen molar-refractivity contribution in [3.63, 3.8) is 0 Å². The minimum Gasteiger partial charge on any atom is -0.795 e. The van der Waals surface area contributed by atoms with Crippen LogP contribution in [0.15, 0.2) is 0 Å². The van der Waals surface area contributed by atoms with Crippen LogP contribution in [0.3, 0.4) is 0 Å². The first-order valence-electron chi connectivity index (χ1n) is 1.29. The molecule has 0 saturated carbocycles. The second-order valence-corrected chi connectivity index (χ2v) is 0.966. The van der Waals surface area contributed by atoms with Crippen molar-refractivity contribution < 1.29 is 21.7 Å². The van der Waals surface area contributed by atoms with Crippen LogP contribution in [-0.2, 0) is 34.3 Å². The minimum atomic E-state index is 0. The summed E-state index contributed by atoms with van der Waals surface area (Å²) >= 11 is 4.49. The average molecular weight is 122 g/mol. The Morgan fingerprint density at radius 2 is 1.80 bits per heavy atom. The Bertz CT molecular complexity index is 8.85. The molecule has 0 nitrogen and oxygen atoms in total. The molecule has 5 heavy (non-hydrogen) atoms. The molecule has 0 aliphatic rings. The summed E-state index contributed by atoms with van der Waals surface area (Å²) in [7, 11) is 0. The van der Waals surface area contributed by atoms with Crippen LogP contribution in [0.2, 0.25) is 0 Å². The molecule has 0 aromatic rings. The van der Waals surface area contributed by atoms with E-state index in [1.54, 1.807) is 0 Å². The molecule has 0 bridgehead atoms. The summed E-state index contributed by atoms with van der Waals surface area (Å²) in [6.07, 6.45) is 0.884. The van der Waals surface area contributed by atoms with Crippen LogP contribution in [0.25, 0.3) is 0 Å². The largest absolute Gasteiger partial charge is 2.00 e. The maximum atomic E-state index is 4.49. The van der Waals surface area contributed by atoms with Gasteiger partial charge >= 0.3 is 21.7 Å². The zero-order valence-electron chi connectivity index (χ0n) is 3.03. The van der Waals surface area contributed by atoms with Gasteiger partial charge in [-0.3, -0.25) is 0 Å². The molecule has 0 N–H and O–H groups in total. The van der Waals surface area contributed by atoms with Crippen LogP contribution in [0.1, 0.15) is 6.42 Å². The van der Waals surface area contributed by atoms with Crippen LogP contribution in [0, 0.1) is 6.92 Å². The van der Waals surface area contributed by atoms with Gasteiger partial charge in [0.2, 0.25) is 0 Å². The van der Waals surface area contributed by atoms with Crippen molar-refractivity contribution in [3.8, 4) is 0 Å². The summed E-state index contributed by atoms with van der Waals surface area (Å²) < 4.78 is 0. The van der Waals surface area contributed by atoms with Crippen molar-refractivity contribution in [1.82, 2.24) is 0 Å². The first kappa shape index (κ1) is 9.42. The fourth-order valence-electron chi connectivity index (χ4n) is 0. The van der Waals surface area contributed by atoms with Crippen molar-refractivity contribution in [2.45, 2.75) is 6.42 Å². The molecule has 2 heteroatoms. The Balaban J connectivity index is 0. The van der Waals surface area contributed by atoms with E-state index in [1.807, 2.05) is 0 Å². The van der Waals surface area contributed by atoms with E-state index in [2.05, 4.69) is 19.6 Å². The van der Waals surface area contributed by atoms with Crippen LogP contribution in [0.4, 0.5) is 0 Å². The minimum absolute atomic E-state index is 0.